The maximum Gasteiger partial charge on any atom is 0.291 e. The van der Waals surface area contributed by atoms with Crippen molar-refractivity contribution in [1.29, 1.82) is 0 Å². The Morgan fingerprint density at radius 3 is 2.41 bits per heavy atom. The monoisotopic (exact) mass is 462 g/mol. The Hall–Kier alpha value is -3.54. The number of carbonyl (C=O) groups is 1. The van der Waals surface area contributed by atoms with E-state index in [1.165, 1.54) is 0 Å². The Morgan fingerprint density at radius 1 is 0.844 bits per heavy atom. The predicted octanol–water partition coefficient (Wildman–Crippen LogP) is 7.62. The first-order valence-corrected chi connectivity index (χ1v) is 10.6. The summed E-state index contributed by atoms with van der Waals surface area (Å²) in [7, 11) is 0. The van der Waals surface area contributed by atoms with Crippen molar-refractivity contribution in [2.45, 2.75) is 6.92 Å². The van der Waals surface area contributed by atoms with Crippen molar-refractivity contribution in [3.05, 3.63) is 94.2 Å². The van der Waals surface area contributed by atoms with Crippen LogP contribution in [-0.2, 0) is 0 Å². The van der Waals surface area contributed by atoms with E-state index in [9.17, 15) is 4.79 Å². The lowest BCUT2D eigenvalue weighted by molar-refractivity contribution is 0.0997. The van der Waals surface area contributed by atoms with Crippen LogP contribution >= 0.6 is 23.2 Å². The van der Waals surface area contributed by atoms with E-state index in [2.05, 4.69) is 10.3 Å². The van der Waals surface area contributed by atoms with Crippen LogP contribution in [0.3, 0.4) is 0 Å². The average Bonchev–Trinajstić information content (AvgIpc) is 3.43. The van der Waals surface area contributed by atoms with E-state index in [-0.39, 0.29) is 11.7 Å². The van der Waals surface area contributed by atoms with Crippen molar-refractivity contribution >= 4 is 45.9 Å². The first kappa shape index (κ1) is 20.4. The van der Waals surface area contributed by atoms with E-state index < -0.39 is 0 Å². The molecule has 7 heteroatoms. The van der Waals surface area contributed by atoms with Gasteiger partial charge in [0.1, 0.15) is 11.3 Å². The topological polar surface area (TPSA) is 68.3 Å². The highest BCUT2D eigenvalue weighted by Crippen LogP contribution is 2.30. The number of fused-ring (bicyclic) bond motifs is 1. The molecule has 2 heterocycles. The molecule has 0 aliphatic heterocycles. The predicted molar refractivity (Wildman–Crippen MR) is 126 cm³/mol. The minimum absolute atomic E-state index is 0.205. The molecule has 1 N–H and O–H groups in total. The van der Waals surface area contributed by atoms with E-state index in [0.29, 0.717) is 38.5 Å². The first-order valence-electron chi connectivity index (χ1n) is 9.80. The van der Waals surface area contributed by atoms with Crippen molar-refractivity contribution in [3.63, 3.8) is 0 Å². The van der Waals surface area contributed by atoms with Gasteiger partial charge < -0.3 is 14.2 Å². The van der Waals surface area contributed by atoms with Gasteiger partial charge in [0, 0.05) is 26.9 Å². The molecule has 5 nitrogen and oxygen atoms in total. The van der Waals surface area contributed by atoms with Gasteiger partial charge in [-0.05, 0) is 79.2 Å². The van der Waals surface area contributed by atoms with Gasteiger partial charge in [-0.2, -0.15) is 0 Å². The number of nitrogens with one attached hydrogen (secondary N) is 1. The Bertz CT molecular complexity index is 1450. The fourth-order valence-electron chi connectivity index (χ4n) is 3.33. The SMILES string of the molecule is Cc1ccc(-c2nc3cc(Cl)ccc3o2)cc1NC(=O)c1ccc(-c2ccc(Cl)cc2)o1. The summed E-state index contributed by atoms with van der Waals surface area (Å²) < 4.78 is 11.6. The molecule has 32 heavy (non-hydrogen) atoms. The normalized spacial score (nSPS) is 11.1. The third-order valence-electron chi connectivity index (χ3n) is 5.04. The summed E-state index contributed by atoms with van der Waals surface area (Å²) in [6.07, 6.45) is 0. The van der Waals surface area contributed by atoms with Gasteiger partial charge in [-0.15, -0.1) is 0 Å². The van der Waals surface area contributed by atoms with Crippen LogP contribution in [0.2, 0.25) is 10.0 Å². The van der Waals surface area contributed by atoms with Crippen LogP contribution in [0.25, 0.3) is 33.9 Å². The molecule has 0 atom stereocenters. The molecular formula is C25H16Cl2N2O3. The van der Waals surface area contributed by atoms with E-state index in [4.69, 9.17) is 32.0 Å². The van der Waals surface area contributed by atoms with Gasteiger partial charge in [0.2, 0.25) is 5.89 Å². The van der Waals surface area contributed by atoms with Gasteiger partial charge in [0.15, 0.2) is 11.3 Å². The number of aromatic nitrogens is 1. The highest BCUT2D eigenvalue weighted by atomic mass is 35.5. The summed E-state index contributed by atoms with van der Waals surface area (Å²) in [4.78, 5) is 17.3. The lowest BCUT2D eigenvalue weighted by Gasteiger charge is -2.08. The largest absolute Gasteiger partial charge is 0.451 e. The maximum atomic E-state index is 12.8. The van der Waals surface area contributed by atoms with Crippen molar-refractivity contribution in [3.8, 4) is 22.8 Å². The van der Waals surface area contributed by atoms with Crippen molar-refractivity contribution in [1.82, 2.24) is 4.98 Å². The van der Waals surface area contributed by atoms with E-state index >= 15 is 0 Å². The molecule has 0 fully saturated rings. The van der Waals surface area contributed by atoms with Crippen LogP contribution in [0.15, 0.2) is 81.6 Å². The second-order valence-corrected chi connectivity index (χ2v) is 8.16. The molecule has 0 aliphatic rings. The molecule has 0 spiro atoms. The van der Waals surface area contributed by atoms with Crippen LogP contribution < -0.4 is 5.32 Å². The molecule has 0 bridgehead atoms. The van der Waals surface area contributed by atoms with Gasteiger partial charge in [-0.25, -0.2) is 4.98 Å². The van der Waals surface area contributed by atoms with Gasteiger partial charge in [0.05, 0.1) is 0 Å². The highest BCUT2D eigenvalue weighted by Gasteiger charge is 2.16. The Labute approximate surface area is 193 Å². The number of hydrogen-bond donors (Lipinski definition) is 1. The lowest BCUT2D eigenvalue weighted by atomic mass is 10.1. The van der Waals surface area contributed by atoms with Gasteiger partial charge in [0.25, 0.3) is 5.91 Å². The fourth-order valence-corrected chi connectivity index (χ4v) is 3.62. The van der Waals surface area contributed by atoms with Gasteiger partial charge in [-0.3, -0.25) is 4.79 Å². The minimum Gasteiger partial charge on any atom is -0.451 e. The molecule has 5 aromatic rings. The smallest absolute Gasteiger partial charge is 0.291 e. The summed E-state index contributed by atoms with van der Waals surface area (Å²) in [6.45, 7) is 1.91. The van der Waals surface area contributed by atoms with Gasteiger partial charge >= 0.3 is 0 Å². The summed E-state index contributed by atoms with van der Waals surface area (Å²) >= 11 is 12.0. The zero-order chi connectivity index (χ0) is 22.2. The summed E-state index contributed by atoms with van der Waals surface area (Å²) in [5, 5.41) is 4.13. The number of anilines is 1. The number of carbonyl (C=O) groups excluding carboxylic acids is 1. The Kier molecular flexibility index (Phi) is 5.21. The molecule has 158 valence electrons. The molecule has 1 amide bonds. The molecule has 0 unspecified atom stereocenters. The van der Waals surface area contributed by atoms with E-state index in [0.717, 1.165) is 16.7 Å². The van der Waals surface area contributed by atoms with E-state index in [1.807, 2.05) is 37.3 Å². The third kappa shape index (κ3) is 4.00. The lowest BCUT2D eigenvalue weighted by Crippen LogP contribution is -2.11. The standard InChI is InChI=1S/C25H16Cl2N2O3/c1-14-2-3-16(25-29-20-13-18(27)8-9-22(20)32-25)12-19(14)28-24(30)23-11-10-21(31-23)15-4-6-17(26)7-5-15/h2-13H,1H3,(H,28,30). The molecule has 0 aliphatic carbocycles. The number of aryl methyl sites for hydroxylation is 1. The molecule has 0 saturated heterocycles. The Morgan fingerprint density at radius 2 is 1.59 bits per heavy atom. The fraction of sp³-hybridized carbons (Fsp3) is 0.0400. The minimum atomic E-state index is -0.352. The zero-order valence-corrected chi connectivity index (χ0v) is 18.4. The summed E-state index contributed by atoms with van der Waals surface area (Å²) in [6, 6.07) is 21.5. The summed E-state index contributed by atoms with van der Waals surface area (Å²) in [5.74, 6) is 0.884. The van der Waals surface area contributed by atoms with Crippen LogP contribution in [-0.4, -0.2) is 10.9 Å². The molecule has 5 rings (SSSR count). The van der Waals surface area contributed by atoms with Crippen LogP contribution in [0, 0.1) is 6.92 Å². The quantitative estimate of drug-likeness (QED) is 0.298. The average molecular weight is 463 g/mol. The molecule has 0 saturated carbocycles. The molecule has 2 aromatic heterocycles. The van der Waals surface area contributed by atoms with Crippen LogP contribution in [0.1, 0.15) is 16.1 Å². The van der Waals surface area contributed by atoms with Crippen molar-refractivity contribution < 1.29 is 13.6 Å². The molecular weight excluding hydrogens is 447 g/mol. The van der Waals surface area contributed by atoms with Gasteiger partial charge in [-0.1, -0.05) is 29.3 Å². The number of oxazole rings is 1. The van der Waals surface area contributed by atoms with Crippen LogP contribution in [0.4, 0.5) is 5.69 Å². The number of benzene rings is 3. The summed E-state index contributed by atoms with van der Waals surface area (Å²) in [5.41, 5.74) is 4.41. The maximum absolute atomic E-state index is 12.8. The van der Waals surface area contributed by atoms with Crippen LogP contribution in [0.5, 0.6) is 0 Å². The number of halogens is 2. The number of rotatable bonds is 4. The zero-order valence-electron chi connectivity index (χ0n) is 16.9. The second kappa shape index (κ2) is 8.19. The number of hydrogen-bond acceptors (Lipinski definition) is 4. The molecule has 3 aromatic carbocycles. The highest BCUT2D eigenvalue weighted by molar-refractivity contribution is 6.31. The Balaban J connectivity index is 1.40. The van der Waals surface area contributed by atoms with Crippen molar-refractivity contribution in [2.75, 3.05) is 5.32 Å². The van der Waals surface area contributed by atoms with E-state index in [1.54, 1.807) is 42.5 Å². The number of amides is 1. The number of nitrogens with zero attached hydrogens (tertiary/aromatic N) is 1. The second-order valence-electron chi connectivity index (χ2n) is 7.29. The first-order chi connectivity index (χ1) is 15.5. The third-order valence-corrected chi connectivity index (χ3v) is 5.53. The van der Waals surface area contributed by atoms with Crippen molar-refractivity contribution in [2.24, 2.45) is 0 Å². The number of furan rings is 1. The molecule has 0 radical (unpaired) electrons.